The molecule has 0 spiro atoms. The molecule has 0 amide bonds. The van der Waals surface area contributed by atoms with Gasteiger partial charge in [0.2, 0.25) is 0 Å². The fraction of sp³-hybridized carbons (Fsp3) is 0.938. The predicted molar refractivity (Wildman–Crippen MR) is 85.8 cm³/mol. The Morgan fingerprint density at radius 2 is 1.92 bits per heavy atom. The molecule has 2 saturated carbocycles. The highest BCUT2D eigenvalue weighted by Gasteiger charge is 2.36. The molecule has 0 heterocycles. The van der Waals surface area contributed by atoms with Crippen LogP contribution >= 0.6 is 11.9 Å². The summed E-state index contributed by atoms with van der Waals surface area (Å²) in [5.74, 6) is 1.74. The molecule has 1 N–H and O–H groups in total. The third-order valence-corrected chi connectivity index (χ3v) is 5.62. The van der Waals surface area contributed by atoms with Crippen molar-refractivity contribution in [1.29, 1.82) is 0 Å². The summed E-state index contributed by atoms with van der Waals surface area (Å²) in [6.45, 7) is 1.04. The van der Waals surface area contributed by atoms with E-state index in [0.717, 1.165) is 18.3 Å². The second-order valence-corrected chi connectivity index (χ2v) is 8.32. The molecule has 0 aliphatic heterocycles. The van der Waals surface area contributed by atoms with E-state index in [2.05, 4.69) is 0 Å². The van der Waals surface area contributed by atoms with E-state index < -0.39 is 40.5 Å². The molecular formula is C16H26F3NO3S. The number of hydroxylamine groups is 1. The Balaban J connectivity index is 1.64. The van der Waals surface area contributed by atoms with Crippen LogP contribution in [0.1, 0.15) is 58.3 Å². The summed E-state index contributed by atoms with van der Waals surface area (Å²) in [6, 6.07) is 0. The minimum atomic E-state index is -4.58. The lowest BCUT2D eigenvalue weighted by Crippen LogP contribution is -3.02. The lowest BCUT2D eigenvalue weighted by Gasteiger charge is -2.39. The van der Waals surface area contributed by atoms with Crippen LogP contribution in [-0.2, 0) is 9.53 Å². The van der Waals surface area contributed by atoms with Gasteiger partial charge in [-0.1, -0.05) is 19.3 Å². The molecule has 0 aromatic rings. The second kappa shape index (κ2) is 8.76. The third-order valence-electron chi connectivity index (χ3n) is 5.00. The molecule has 2 rings (SSSR count). The van der Waals surface area contributed by atoms with E-state index >= 15 is 0 Å². The maximum Gasteiger partial charge on any atom is 0.496 e. The summed E-state index contributed by atoms with van der Waals surface area (Å²) in [6.07, 6.45) is 7.87. The molecule has 0 saturated heterocycles. The van der Waals surface area contributed by atoms with Gasteiger partial charge in [-0.3, -0.25) is 9.26 Å². The van der Waals surface area contributed by atoms with Gasteiger partial charge >= 0.3 is 11.5 Å². The van der Waals surface area contributed by atoms with E-state index in [1.54, 1.807) is 0 Å². The highest BCUT2D eigenvalue weighted by atomic mass is 32.2. The van der Waals surface area contributed by atoms with E-state index in [9.17, 15) is 23.2 Å². The first-order chi connectivity index (χ1) is 11.2. The van der Waals surface area contributed by atoms with Crippen LogP contribution in [0, 0.1) is 23.0 Å². The zero-order valence-electron chi connectivity index (χ0n) is 13.9. The van der Waals surface area contributed by atoms with Crippen LogP contribution in [0.5, 0.6) is 0 Å². The van der Waals surface area contributed by atoms with E-state index in [0.29, 0.717) is 5.92 Å². The van der Waals surface area contributed by atoms with Crippen LogP contribution < -0.4 is 4.47 Å². The molecule has 4 nitrogen and oxygen atoms in total. The number of rotatable bonds is 7. The summed E-state index contributed by atoms with van der Waals surface area (Å²) in [7, 11) is 0. The number of halogens is 3. The second-order valence-electron chi connectivity index (χ2n) is 7.20. The largest absolute Gasteiger partial charge is 0.621 e. The average molecular weight is 369 g/mol. The Morgan fingerprint density at radius 1 is 1.29 bits per heavy atom. The molecule has 2 bridgehead atoms. The van der Waals surface area contributed by atoms with Crippen LogP contribution in [0.3, 0.4) is 0 Å². The topological polar surface area (TPSA) is 53.8 Å². The van der Waals surface area contributed by atoms with E-state index in [1.807, 2.05) is 0 Å². The van der Waals surface area contributed by atoms with Crippen molar-refractivity contribution in [3.63, 3.8) is 0 Å². The Morgan fingerprint density at radius 3 is 2.50 bits per heavy atom. The summed E-state index contributed by atoms with van der Waals surface area (Å²) in [4.78, 5) is 11.8. The minimum absolute atomic E-state index is 0.287. The third kappa shape index (κ3) is 7.19. The van der Waals surface area contributed by atoms with Gasteiger partial charge in [-0.05, 0) is 50.4 Å². The normalized spacial score (nSPS) is 29.8. The van der Waals surface area contributed by atoms with E-state index in [4.69, 9.17) is 4.74 Å². The van der Waals surface area contributed by atoms with Gasteiger partial charge in [0.05, 0.1) is 0 Å². The number of hydrogen-bond donors (Lipinski definition) is 1. The zero-order chi connectivity index (χ0) is 17.7. The Kier molecular flexibility index (Phi) is 7.24. The summed E-state index contributed by atoms with van der Waals surface area (Å²) >= 11 is -0.673. The summed E-state index contributed by atoms with van der Waals surface area (Å²) in [5, 5.41) is 11.2. The van der Waals surface area contributed by atoms with Gasteiger partial charge in [-0.15, -0.1) is 0 Å². The first kappa shape index (κ1) is 19.8. The van der Waals surface area contributed by atoms with Crippen molar-refractivity contribution in [2.24, 2.45) is 17.8 Å². The SMILES string of the molecule is CC(C[NH+]([O-])SC(F)(F)F)OC(=O)CCC1CC2CCCC(C2)C1. The molecule has 140 valence electrons. The smallest absolute Gasteiger partial charge is 0.496 e. The van der Waals surface area contributed by atoms with Crippen molar-refractivity contribution in [2.75, 3.05) is 6.54 Å². The molecule has 0 aromatic carbocycles. The molecule has 4 unspecified atom stereocenters. The lowest BCUT2D eigenvalue weighted by molar-refractivity contribution is -0.702. The Labute approximate surface area is 145 Å². The number of carbonyl (C=O) groups excluding carboxylic acids is 1. The first-order valence-corrected chi connectivity index (χ1v) is 9.51. The lowest BCUT2D eigenvalue weighted by atomic mass is 9.67. The van der Waals surface area contributed by atoms with Gasteiger partial charge in [-0.2, -0.15) is 13.2 Å². The van der Waals surface area contributed by atoms with Crippen LogP contribution in [0.25, 0.3) is 0 Å². The van der Waals surface area contributed by atoms with Gasteiger partial charge in [0.15, 0.2) is 11.9 Å². The van der Waals surface area contributed by atoms with Gasteiger partial charge in [-0.25, -0.2) is 0 Å². The number of hydrogen-bond acceptors (Lipinski definition) is 4. The zero-order valence-corrected chi connectivity index (χ0v) is 14.8. The number of alkyl halides is 3. The van der Waals surface area contributed by atoms with Gasteiger partial charge in [0, 0.05) is 6.42 Å². The molecule has 2 fully saturated rings. The van der Waals surface area contributed by atoms with Crippen molar-refractivity contribution < 1.29 is 27.2 Å². The fourth-order valence-corrected chi connectivity index (χ4v) is 4.73. The van der Waals surface area contributed by atoms with Gasteiger partial charge in [0.25, 0.3) is 0 Å². The molecule has 24 heavy (non-hydrogen) atoms. The highest BCUT2D eigenvalue weighted by Crippen LogP contribution is 2.43. The summed E-state index contributed by atoms with van der Waals surface area (Å²) < 4.78 is 40.3. The van der Waals surface area contributed by atoms with Gasteiger partial charge in [0.1, 0.15) is 12.6 Å². The maximum atomic E-state index is 12.1. The Bertz CT molecular complexity index is 410. The van der Waals surface area contributed by atoms with E-state index in [-0.39, 0.29) is 6.42 Å². The molecule has 4 atom stereocenters. The highest BCUT2D eigenvalue weighted by molar-refractivity contribution is 7.93. The van der Waals surface area contributed by atoms with Crippen molar-refractivity contribution in [3.8, 4) is 0 Å². The van der Waals surface area contributed by atoms with Crippen molar-refractivity contribution in [2.45, 2.75) is 69.9 Å². The first-order valence-electron chi connectivity index (χ1n) is 8.69. The molecule has 0 aromatic heterocycles. The molecule has 0 radical (unpaired) electrons. The minimum Gasteiger partial charge on any atom is -0.621 e. The predicted octanol–water partition coefficient (Wildman–Crippen LogP) is 3.47. The van der Waals surface area contributed by atoms with Crippen LogP contribution in [0.2, 0.25) is 0 Å². The summed E-state index contributed by atoms with van der Waals surface area (Å²) in [5.41, 5.74) is -4.58. The number of carbonyl (C=O) groups is 1. The standard InChI is InChI=1S/C16H26F3NO3S/c1-11(10-20(22)24-16(17,18)19)23-15(21)6-5-14-8-12-3-2-4-13(7-12)9-14/h11-14,20H,2-10H2,1H3. The number of nitrogens with one attached hydrogen (secondary N) is 1. The number of ether oxygens (including phenoxy) is 1. The average Bonchev–Trinajstić information content (AvgIpc) is 2.42. The van der Waals surface area contributed by atoms with Crippen LogP contribution in [-0.4, -0.2) is 24.1 Å². The monoisotopic (exact) mass is 369 g/mol. The molecular weight excluding hydrogens is 343 g/mol. The fourth-order valence-electron chi connectivity index (χ4n) is 4.16. The van der Waals surface area contributed by atoms with Crippen molar-refractivity contribution in [3.05, 3.63) is 5.21 Å². The quantitative estimate of drug-likeness (QED) is 0.424. The van der Waals surface area contributed by atoms with Crippen molar-refractivity contribution in [1.82, 2.24) is 0 Å². The van der Waals surface area contributed by atoms with Crippen LogP contribution in [0.15, 0.2) is 0 Å². The molecule has 2 aliphatic carbocycles. The molecule has 8 heteroatoms. The maximum absolute atomic E-state index is 12.1. The van der Waals surface area contributed by atoms with Gasteiger partial charge < -0.3 is 9.94 Å². The Hall–Kier alpha value is -0.470. The number of fused-ring (bicyclic) bond motifs is 2. The van der Waals surface area contributed by atoms with E-state index in [1.165, 1.54) is 45.4 Å². The number of esters is 1. The van der Waals surface area contributed by atoms with Crippen molar-refractivity contribution >= 4 is 17.9 Å². The van der Waals surface area contributed by atoms with Crippen LogP contribution in [0.4, 0.5) is 13.2 Å². The number of quaternary nitrogens is 1. The molecule has 2 aliphatic rings.